The van der Waals surface area contributed by atoms with Gasteiger partial charge in [-0.3, -0.25) is 0 Å². The second-order valence-electron chi connectivity index (χ2n) is 6.23. The summed E-state index contributed by atoms with van der Waals surface area (Å²) in [5.41, 5.74) is 0.574. The number of nitrogens with one attached hydrogen (secondary N) is 1. The monoisotopic (exact) mass is 249 g/mol. The van der Waals surface area contributed by atoms with Crippen molar-refractivity contribution in [2.75, 3.05) is 6.54 Å². The van der Waals surface area contributed by atoms with Gasteiger partial charge < -0.3 is 5.32 Å². The molecule has 1 nitrogen and oxygen atoms in total. The molecular formula is C15H23NS. The number of thiophene rings is 1. The molecule has 1 atom stereocenters. The zero-order chi connectivity index (χ0) is 11.7. The summed E-state index contributed by atoms with van der Waals surface area (Å²) < 4.78 is 0. The van der Waals surface area contributed by atoms with Gasteiger partial charge >= 0.3 is 0 Å². The molecule has 1 N–H and O–H groups in total. The van der Waals surface area contributed by atoms with Crippen molar-refractivity contribution in [3.05, 3.63) is 22.4 Å². The van der Waals surface area contributed by atoms with Crippen LogP contribution in [0, 0.1) is 11.3 Å². The molecule has 1 aromatic heterocycles. The van der Waals surface area contributed by atoms with Gasteiger partial charge in [0.1, 0.15) is 0 Å². The van der Waals surface area contributed by atoms with Crippen molar-refractivity contribution in [1.29, 1.82) is 0 Å². The van der Waals surface area contributed by atoms with Crippen LogP contribution in [0.3, 0.4) is 0 Å². The molecule has 0 amide bonds. The van der Waals surface area contributed by atoms with E-state index in [0.717, 1.165) is 5.92 Å². The maximum absolute atomic E-state index is 3.88. The van der Waals surface area contributed by atoms with Gasteiger partial charge in [0.25, 0.3) is 0 Å². The summed E-state index contributed by atoms with van der Waals surface area (Å²) in [6, 6.07) is 5.14. The second-order valence-corrected chi connectivity index (χ2v) is 7.21. The largest absolute Gasteiger partial charge is 0.308 e. The van der Waals surface area contributed by atoms with Crippen LogP contribution in [0.5, 0.6) is 0 Å². The van der Waals surface area contributed by atoms with Crippen molar-refractivity contribution in [3.8, 4) is 0 Å². The summed E-state index contributed by atoms with van der Waals surface area (Å²) in [5, 5.41) is 6.09. The van der Waals surface area contributed by atoms with Gasteiger partial charge in [0.05, 0.1) is 0 Å². The van der Waals surface area contributed by atoms with Crippen LogP contribution in [0.15, 0.2) is 17.5 Å². The van der Waals surface area contributed by atoms with Gasteiger partial charge in [0.2, 0.25) is 0 Å². The van der Waals surface area contributed by atoms with E-state index in [9.17, 15) is 0 Å². The molecule has 0 spiro atoms. The highest BCUT2D eigenvalue weighted by Crippen LogP contribution is 2.44. The first-order valence-electron chi connectivity index (χ1n) is 7.04. The molecule has 94 valence electrons. The molecule has 2 saturated carbocycles. The highest BCUT2D eigenvalue weighted by Gasteiger charge is 2.35. The Kier molecular flexibility index (Phi) is 3.27. The van der Waals surface area contributed by atoms with Gasteiger partial charge in [-0.2, -0.15) is 0 Å². The Morgan fingerprint density at radius 2 is 2.18 bits per heavy atom. The van der Waals surface area contributed by atoms with Crippen LogP contribution in [0.25, 0.3) is 0 Å². The van der Waals surface area contributed by atoms with Gasteiger partial charge in [0, 0.05) is 17.5 Å². The van der Waals surface area contributed by atoms with Gasteiger partial charge in [-0.1, -0.05) is 25.8 Å². The van der Waals surface area contributed by atoms with Crippen molar-refractivity contribution in [1.82, 2.24) is 5.32 Å². The second kappa shape index (κ2) is 4.74. The van der Waals surface area contributed by atoms with Crippen LogP contribution < -0.4 is 5.32 Å². The lowest BCUT2D eigenvalue weighted by Gasteiger charge is -2.27. The lowest BCUT2D eigenvalue weighted by molar-refractivity contribution is 0.291. The van der Waals surface area contributed by atoms with E-state index in [-0.39, 0.29) is 0 Å². The molecule has 2 fully saturated rings. The molecule has 2 aliphatic carbocycles. The molecule has 17 heavy (non-hydrogen) atoms. The Bertz CT molecular complexity index is 347. The summed E-state index contributed by atoms with van der Waals surface area (Å²) in [6.07, 6.45) is 8.55. The fraction of sp³-hybridized carbons (Fsp3) is 0.733. The van der Waals surface area contributed by atoms with Gasteiger partial charge in [-0.25, -0.2) is 0 Å². The van der Waals surface area contributed by atoms with E-state index in [0.29, 0.717) is 11.5 Å². The smallest absolute Gasteiger partial charge is 0.0443 e. The third-order valence-electron chi connectivity index (χ3n) is 4.50. The van der Waals surface area contributed by atoms with Crippen LogP contribution in [0.2, 0.25) is 0 Å². The molecule has 0 bridgehead atoms. The summed E-state index contributed by atoms with van der Waals surface area (Å²) in [7, 11) is 0. The van der Waals surface area contributed by atoms with Crippen LogP contribution in [-0.2, 0) is 0 Å². The van der Waals surface area contributed by atoms with Crippen LogP contribution >= 0.6 is 11.3 Å². The quantitative estimate of drug-likeness (QED) is 0.817. The average Bonchev–Trinajstić information content (AvgIpc) is 2.84. The first-order chi connectivity index (χ1) is 8.27. The molecule has 0 aromatic carbocycles. The van der Waals surface area contributed by atoms with Crippen LogP contribution in [0.1, 0.15) is 56.4 Å². The first kappa shape index (κ1) is 11.7. The molecule has 0 saturated heterocycles. The van der Waals surface area contributed by atoms with Gasteiger partial charge in [0.15, 0.2) is 0 Å². The summed E-state index contributed by atoms with van der Waals surface area (Å²) in [4.78, 5) is 1.55. The highest BCUT2D eigenvalue weighted by atomic mass is 32.1. The van der Waals surface area contributed by atoms with Crippen LogP contribution in [-0.4, -0.2) is 6.54 Å². The van der Waals surface area contributed by atoms with E-state index >= 15 is 0 Å². The van der Waals surface area contributed by atoms with E-state index < -0.39 is 0 Å². The Morgan fingerprint density at radius 3 is 2.76 bits per heavy atom. The number of rotatable bonds is 5. The Hall–Kier alpha value is -0.340. The van der Waals surface area contributed by atoms with Gasteiger partial charge in [-0.05, 0) is 48.5 Å². The Labute approximate surface area is 109 Å². The Morgan fingerprint density at radius 1 is 1.41 bits per heavy atom. The topological polar surface area (TPSA) is 12.0 Å². The predicted octanol–water partition coefficient (Wildman–Crippen LogP) is 4.37. The maximum Gasteiger partial charge on any atom is 0.0443 e. The molecule has 1 heterocycles. The molecule has 0 radical (unpaired) electrons. The van der Waals surface area contributed by atoms with E-state index in [1.807, 2.05) is 11.3 Å². The predicted molar refractivity (Wildman–Crippen MR) is 74.4 cm³/mol. The number of hydrogen-bond donors (Lipinski definition) is 1. The van der Waals surface area contributed by atoms with E-state index in [4.69, 9.17) is 0 Å². The SMILES string of the molecule is CC1(CNC(c2cccs2)C2CC2)CCCC1. The minimum atomic E-state index is 0.574. The lowest BCUT2D eigenvalue weighted by atomic mass is 9.88. The van der Waals surface area contributed by atoms with Crippen molar-refractivity contribution < 1.29 is 0 Å². The molecule has 1 unspecified atom stereocenters. The fourth-order valence-electron chi connectivity index (χ4n) is 3.16. The minimum absolute atomic E-state index is 0.574. The lowest BCUT2D eigenvalue weighted by Crippen LogP contribution is -2.33. The van der Waals surface area contributed by atoms with E-state index in [2.05, 4.69) is 29.8 Å². The normalized spacial score (nSPS) is 25.0. The Balaban J connectivity index is 1.61. The fourth-order valence-corrected chi connectivity index (χ4v) is 4.05. The molecule has 2 aliphatic rings. The summed E-state index contributed by atoms with van der Waals surface area (Å²) in [6.45, 7) is 3.68. The van der Waals surface area contributed by atoms with Crippen LogP contribution in [0.4, 0.5) is 0 Å². The number of hydrogen-bond acceptors (Lipinski definition) is 2. The molecule has 1 aromatic rings. The minimum Gasteiger partial charge on any atom is -0.308 e. The highest BCUT2D eigenvalue weighted by molar-refractivity contribution is 7.10. The van der Waals surface area contributed by atoms with Crippen molar-refractivity contribution in [2.45, 2.75) is 51.5 Å². The van der Waals surface area contributed by atoms with Crippen molar-refractivity contribution in [3.63, 3.8) is 0 Å². The zero-order valence-electron chi connectivity index (χ0n) is 10.7. The van der Waals surface area contributed by atoms with E-state index in [1.54, 1.807) is 4.88 Å². The third-order valence-corrected chi connectivity index (χ3v) is 5.46. The summed E-state index contributed by atoms with van der Waals surface area (Å²) >= 11 is 1.92. The molecular weight excluding hydrogens is 226 g/mol. The maximum atomic E-state index is 3.88. The van der Waals surface area contributed by atoms with Crippen molar-refractivity contribution in [2.24, 2.45) is 11.3 Å². The average molecular weight is 249 g/mol. The van der Waals surface area contributed by atoms with Crippen molar-refractivity contribution >= 4 is 11.3 Å². The molecule has 2 heteroatoms. The molecule has 0 aliphatic heterocycles. The van der Waals surface area contributed by atoms with E-state index in [1.165, 1.54) is 45.1 Å². The first-order valence-corrected chi connectivity index (χ1v) is 7.92. The zero-order valence-corrected chi connectivity index (χ0v) is 11.6. The van der Waals surface area contributed by atoms with Gasteiger partial charge in [-0.15, -0.1) is 11.3 Å². The summed E-state index contributed by atoms with van der Waals surface area (Å²) in [5.74, 6) is 0.915. The third kappa shape index (κ3) is 2.74. The standard InChI is InChI=1S/C15H23NS/c1-15(8-2-3-9-15)11-16-14(12-6-7-12)13-5-4-10-17-13/h4-5,10,12,14,16H,2-3,6-9,11H2,1H3. The molecule has 3 rings (SSSR count).